The molecule has 5 heteroatoms. The highest BCUT2D eigenvalue weighted by Crippen LogP contribution is 2.26. The van der Waals surface area contributed by atoms with Crippen LogP contribution in [0.3, 0.4) is 0 Å². The van der Waals surface area contributed by atoms with E-state index in [-0.39, 0.29) is 16.7 Å². The summed E-state index contributed by atoms with van der Waals surface area (Å²) in [7, 11) is 0. The first-order chi connectivity index (χ1) is 7.79. The van der Waals surface area contributed by atoms with E-state index in [1.807, 2.05) is 27.7 Å². The SMILES string of the molecule is CC(Sc1ncccc1N)C(=O)NC(C)(C)C. The first kappa shape index (κ1) is 13.8. The van der Waals surface area contributed by atoms with E-state index >= 15 is 0 Å². The largest absolute Gasteiger partial charge is 0.397 e. The molecule has 0 saturated heterocycles. The van der Waals surface area contributed by atoms with E-state index < -0.39 is 0 Å². The molecule has 1 unspecified atom stereocenters. The molecule has 0 fully saturated rings. The maximum atomic E-state index is 11.9. The lowest BCUT2D eigenvalue weighted by Gasteiger charge is -2.23. The summed E-state index contributed by atoms with van der Waals surface area (Å²) >= 11 is 1.37. The van der Waals surface area contributed by atoms with Gasteiger partial charge >= 0.3 is 0 Å². The van der Waals surface area contributed by atoms with Crippen molar-refractivity contribution in [3.63, 3.8) is 0 Å². The van der Waals surface area contributed by atoms with E-state index in [0.717, 1.165) is 0 Å². The summed E-state index contributed by atoms with van der Waals surface area (Å²) in [6.45, 7) is 7.71. The van der Waals surface area contributed by atoms with Crippen LogP contribution in [0.2, 0.25) is 0 Å². The molecule has 1 atom stereocenters. The minimum atomic E-state index is -0.221. The zero-order valence-corrected chi connectivity index (χ0v) is 11.5. The second-order valence-corrected chi connectivity index (χ2v) is 6.23. The number of carbonyl (C=O) groups excluding carboxylic acids is 1. The Morgan fingerprint density at radius 2 is 2.18 bits per heavy atom. The van der Waals surface area contributed by atoms with E-state index in [4.69, 9.17) is 5.73 Å². The van der Waals surface area contributed by atoms with Crippen molar-refractivity contribution in [3.05, 3.63) is 18.3 Å². The Labute approximate surface area is 106 Å². The number of rotatable bonds is 3. The van der Waals surface area contributed by atoms with Crippen molar-refractivity contribution in [2.75, 3.05) is 5.73 Å². The van der Waals surface area contributed by atoms with Gasteiger partial charge in [-0.3, -0.25) is 4.79 Å². The maximum Gasteiger partial charge on any atom is 0.233 e. The summed E-state index contributed by atoms with van der Waals surface area (Å²) in [4.78, 5) is 16.0. The molecule has 17 heavy (non-hydrogen) atoms. The number of thioether (sulfide) groups is 1. The average molecular weight is 253 g/mol. The van der Waals surface area contributed by atoms with E-state index in [2.05, 4.69) is 10.3 Å². The molecule has 0 aromatic carbocycles. The summed E-state index contributed by atoms with van der Waals surface area (Å²) in [5.41, 5.74) is 6.17. The molecule has 3 N–H and O–H groups in total. The van der Waals surface area contributed by atoms with Crippen molar-refractivity contribution in [2.24, 2.45) is 0 Å². The van der Waals surface area contributed by atoms with Crippen LogP contribution in [0.4, 0.5) is 5.69 Å². The monoisotopic (exact) mass is 253 g/mol. The third kappa shape index (κ3) is 4.65. The highest BCUT2D eigenvalue weighted by Gasteiger charge is 2.20. The van der Waals surface area contributed by atoms with Gasteiger partial charge in [-0.25, -0.2) is 4.98 Å². The molecule has 1 amide bonds. The number of pyridine rings is 1. The Hall–Kier alpha value is -1.23. The Morgan fingerprint density at radius 1 is 1.53 bits per heavy atom. The van der Waals surface area contributed by atoms with E-state index in [1.54, 1.807) is 18.3 Å². The maximum absolute atomic E-state index is 11.9. The summed E-state index contributed by atoms with van der Waals surface area (Å²) in [5, 5.41) is 3.41. The summed E-state index contributed by atoms with van der Waals surface area (Å²) < 4.78 is 0. The first-order valence-corrected chi connectivity index (χ1v) is 6.37. The zero-order chi connectivity index (χ0) is 13.1. The molecule has 1 heterocycles. The van der Waals surface area contributed by atoms with Crippen LogP contribution in [0, 0.1) is 0 Å². The number of nitrogens with zero attached hydrogens (tertiary/aromatic N) is 1. The number of nitrogen functional groups attached to an aromatic ring is 1. The minimum absolute atomic E-state index is 0.00690. The minimum Gasteiger partial charge on any atom is -0.397 e. The molecular formula is C12H19N3OS. The van der Waals surface area contributed by atoms with Gasteiger partial charge in [-0.2, -0.15) is 0 Å². The number of nitrogens with one attached hydrogen (secondary N) is 1. The van der Waals surface area contributed by atoms with Gasteiger partial charge in [0.05, 0.1) is 10.9 Å². The second-order valence-electron chi connectivity index (χ2n) is 4.90. The Bertz CT molecular complexity index is 401. The number of carbonyl (C=O) groups is 1. The predicted octanol–water partition coefficient (Wildman–Crippen LogP) is 2.06. The Balaban J connectivity index is 2.64. The second kappa shape index (κ2) is 5.40. The van der Waals surface area contributed by atoms with Gasteiger partial charge < -0.3 is 11.1 Å². The Kier molecular flexibility index (Phi) is 4.40. The topological polar surface area (TPSA) is 68.0 Å². The van der Waals surface area contributed by atoms with Crippen LogP contribution in [0.5, 0.6) is 0 Å². The summed E-state index contributed by atoms with van der Waals surface area (Å²) in [6, 6.07) is 3.56. The van der Waals surface area contributed by atoms with E-state index in [9.17, 15) is 4.79 Å². The molecule has 1 aromatic heterocycles. The highest BCUT2D eigenvalue weighted by atomic mass is 32.2. The van der Waals surface area contributed by atoms with Crippen molar-refractivity contribution in [1.82, 2.24) is 10.3 Å². The fraction of sp³-hybridized carbons (Fsp3) is 0.500. The standard InChI is InChI=1S/C12H19N3OS/c1-8(10(16)15-12(2,3)4)17-11-9(13)6-5-7-14-11/h5-8H,13H2,1-4H3,(H,15,16). The van der Waals surface area contributed by atoms with E-state index in [0.29, 0.717) is 10.7 Å². The van der Waals surface area contributed by atoms with Crippen molar-refractivity contribution in [1.29, 1.82) is 0 Å². The van der Waals surface area contributed by atoms with Crippen LogP contribution in [0.15, 0.2) is 23.4 Å². The third-order valence-corrected chi connectivity index (χ3v) is 3.09. The number of amides is 1. The van der Waals surface area contributed by atoms with Crippen molar-refractivity contribution < 1.29 is 4.79 Å². The number of nitrogens with two attached hydrogens (primary N) is 1. The van der Waals surface area contributed by atoms with Gasteiger partial charge in [0.2, 0.25) is 5.91 Å². The van der Waals surface area contributed by atoms with Crippen LogP contribution < -0.4 is 11.1 Å². The smallest absolute Gasteiger partial charge is 0.233 e. The highest BCUT2D eigenvalue weighted by molar-refractivity contribution is 8.00. The van der Waals surface area contributed by atoms with E-state index in [1.165, 1.54) is 11.8 Å². The van der Waals surface area contributed by atoms with Crippen LogP contribution in [-0.4, -0.2) is 21.7 Å². The molecule has 0 bridgehead atoms. The lowest BCUT2D eigenvalue weighted by atomic mass is 10.1. The van der Waals surface area contributed by atoms with Gasteiger partial charge in [0.25, 0.3) is 0 Å². The first-order valence-electron chi connectivity index (χ1n) is 5.49. The molecule has 0 aliphatic carbocycles. The van der Waals surface area contributed by atoms with Crippen molar-refractivity contribution in [2.45, 2.75) is 43.5 Å². The molecule has 1 rings (SSSR count). The van der Waals surface area contributed by atoms with Crippen molar-refractivity contribution in [3.8, 4) is 0 Å². The fourth-order valence-electron chi connectivity index (χ4n) is 1.19. The molecule has 0 saturated carbocycles. The molecule has 0 spiro atoms. The van der Waals surface area contributed by atoms with Gasteiger partial charge in [-0.1, -0.05) is 11.8 Å². The van der Waals surface area contributed by atoms with Crippen LogP contribution >= 0.6 is 11.8 Å². The molecule has 1 aromatic rings. The van der Waals surface area contributed by atoms with Crippen LogP contribution in [0.25, 0.3) is 0 Å². The predicted molar refractivity (Wildman–Crippen MR) is 71.9 cm³/mol. The number of aromatic nitrogens is 1. The van der Waals surface area contributed by atoms with Gasteiger partial charge in [0, 0.05) is 11.7 Å². The number of hydrogen-bond acceptors (Lipinski definition) is 4. The number of anilines is 1. The Morgan fingerprint density at radius 3 is 2.71 bits per heavy atom. The molecule has 0 aliphatic heterocycles. The van der Waals surface area contributed by atoms with Crippen molar-refractivity contribution >= 4 is 23.4 Å². The van der Waals surface area contributed by atoms with Gasteiger partial charge in [-0.05, 0) is 39.8 Å². The molecule has 0 radical (unpaired) electrons. The molecule has 4 nitrogen and oxygen atoms in total. The normalized spacial score (nSPS) is 13.2. The van der Waals surface area contributed by atoms with Gasteiger partial charge in [0.1, 0.15) is 5.03 Å². The lowest BCUT2D eigenvalue weighted by molar-refractivity contribution is -0.121. The van der Waals surface area contributed by atoms with Crippen LogP contribution in [0.1, 0.15) is 27.7 Å². The number of hydrogen-bond donors (Lipinski definition) is 2. The zero-order valence-electron chi connectivity index (χ0n) is 10.7. The van der Waals surface area contributed by atoms with Crippen LogP contribution in [-0.2, 0) is 4.79 Å². The van der Waals surface area contributed by atoms with Gasteiger partial charge in [0.15, 0.2) is 0 Å². The summed E-state index contributed by atoms with van der Waals surface area (Å²) in [6.07, 6.45) is 1.67. The molecule has 0 aliphatic rings. The third-order valence-electron chi connectivity index (χ3n) is 1.96. The van der Waals surface area contributed by atoms with Gasteiger partial charge in [-0.15, -0.1) is 0 Å². The fourth-order valence-corrected chi connectivity index (χ4v) is 2.02. The molecule has 94 valence electrons. The lowest BCUT2D eigenvalue weighted by Crippen LogP contribution is -2.44. The summed E-state index contributed by atoms with van der Waals surface area (Å²) in [5.74, 6) is -0.00690. The quantitative estimate of drug-likeness (QED) is 0.809. The average Bonchev–Trinajstić information content (AvgIpc) is 2.18. The molecular weight excluding hydrogens is 234 g/mol.